The van der Waals surface area contributed by atoms with Gasteiger partial charge in [0.05, 0.1) is 12.1 Å². The Morgan fingerprint density at radius 3 is 2.74 bits per heavy atom. The third kappa shape index (κ3) is 5.09. The van der Waals surface area contributed by atoms with E-state index in [1.165, 1.54) is 7.11 Å². The monoisotopic (exact) mass is 286 g/mol. The summed E-state index contributed by atoms with van der Waals surface area (Å²) >= 11 is 6.01. The predicted molar refractivity (Wildman–Crippen MR) is 74.0 cm³/mol. The molecule has 19 heavy (non-hydrogen) atoms. The minimum atomic E-state index is -0.956. The van der Waals surface area contributed by atoms with Crippen LogP contribution in [-0.2, 0) is 16.0 Å². The van der Waals surface area contributed by atoms with Crippen LogP contribution >= 0.6 is 11.6 Å². The molecular weight excluding hydrogens is 268 g/mol. The van der Waals surface area contributed by atoms with Gasteiger partial charge < -0.3 is 14.6 Å². The molecule has 0 aromatic heterocycles. The highest BCUT2D eigenvalue weighted by atomic mass is 35.5. The van der Waals surface area contributed by atoms with Gasteiger partial charge in [-0.25, -0.2) is 4.79 Å². The largest absolute Gasteiger partial charge is 0.495 e. The van der Waals surface area contributed by atoms with E-state index in [-0.39, 0.29) is 0 Å². The summed E-state index contributed by atoms with van der Waals surface area (Å²) in [5.74, 6) is -0.382. The van der Waals surface area contributed by atoms with Crippen molar-refractivity contribution in [1.82, 2.24) is 0 Å². The van der Waals surface area contributed by atoms with Gasteiger partial charge in [-0.3, -0.25) is 0 Å². The first kappa shape index (κ1) is 15.8. The Balaban J connectivity index is 2.68. The summed E-state index contributed by atoms with van der Waals surface area (Å²) in [6.45, 7) is 2.49. The fraction of sp³-hybridized carbons (Fsp3) is 0.500. The van der Waals surface area contributed by atoms with Crippen molar-refractivity contribution >= 4 is 17.6 Å². The fourth-order valence-electron chi connectivity index (χ4n) is 1.64. The molecule has 5 heteroatoms. The van der Waals surface area contributed by atoms with Gasteiger partial charge in [0.2, 0.25) is 0 Å². The lowest BCUT2D eigenvalue weighted by atomic mass is 10.1. The van der Waals surface area contributed by atoms with E-state index in [9.17, 15) is 4.79 Å². The minimum Gasteiger partial charge on any atom is -0.495 e. The fourth-order valence-corrected chi connectivity index (χ4v) is 1.92. The first-order chi connectivity index (χ1) is 9.08. The maximum atomic E-state index is 11.1. The van der Waals surface area contributed by atoms with E-state index in [0.29, 0.717) is 23.8 Å². The Hall–Kier alpha value is -1.26. The lowest BCUT2D eigenvalue weighted by Crippen LogP contribution is -2.26. The predicted octanol–water partition coefficient (Wildman–Crippen LogP) is 3.16. The molecule has 0 heterocycles. The molecular formula is C14H19ClO4. The summed E-state index contributed by atoms with van der Waals surface area (Å²) in [6, 6.07) is 5.23. The van der Waals surface area contributed by atoms with Crippen LogP contribution in [0.3, 0.4) is 0 Å². The third-order valence-electron chi connectivity index (χ3n) is 2.73. The van der Waals surface area contributed by atoms with Crippen LogP contribution in [0.2, 0.25) is 5.02 Å². The van der Waals surface area contributed by atoms with Gasteiger partial charge in [-0.2, -0.15) is 0 Å². The molecule has 0 radical (unpaired) electrons. The van der Waals surface area contributed by atoms with E-state index in [4.69, 9.17) is 26.2 Å². The number of carboxylic acids is 1. The van der Waals surface area contributed by atoms with Crippen LogP contribution in [-0.4, -0.2) is 30.9 Å². The average molecular weight is 287 g/mol. The number of methoxy groups -OCH3 is 1. The topological polar surface area (TPSA) is 55.8 Å². The Labute approximate surface area is 118 Å². The van der Waals surface area contributed by atoms with Crippen LogP contribution in [0.15, 0.2) is 18.2 Å². The van der Waals surface area contributed by atoms with E-state index in [1.54, 1.807) is 18.2 Å². The number of hydrogen-bond donors (Lipinski definition) is 1. The number of carboxylic acid groups (broad SMARTS) is 1. The number of rotatable bonds is 8. The molecule has 1 rings (SSSR count). The highest BCUT2D eigenvalue weighted by Crippen LogP contribution is 2.25. The molecule has 1 N–H and O–H groups in total. The van der Waals surface area contributed by atoms with Crippen molar-refractivity contribution in [3.05, 3.63) is 28.8 Å². The number of carbonyl (C=O) groups is 1. The molecule has 0 saturated carbocycles. The normalized spacial score (nSPS) is 12.2. The first-order valence-corrected chi connectivity index (χ1v) is 6.63. The first-order valence-electron chi connectivity index (χ1n) is 6.25. The van der Waals surface area contributed by atoms with Crippen LogP contribution < -0.4 is 4.74 Å². The van der Waals surface area contributed by atoms with Crippen molar-refractivity contribution in [2.24, 2.45) is 0 Å². The van der Waals surface area contributed by atoms with E-state index in [0.717, 1.165) is 18.4 Å². The number of halogens is 1. The van der Waals surface area contributed by atoms with Crippen LogP contribution in [0.25, 0.3) is 0 Å². The van der Waals surface area contributed by atoms with Crippen molar-refractivity contribution in [2.75, 3.05) is 13.7 Å². The highest BCUT2D eigenvalue weighted by Gasteiger charge is 2.19. The van der Waals surface area contributed by atoms with Crippen LogP contribution in [0.1, 0.15) is 25.3 Å². The molecule has 1 atom stereocenters. The smallest absolute Gasteiger partial charge is 0.333 e. The van der Waals surface area contributed by atoms with Crippen molar-refractivity contribution in [3.63, 3.8) is 0 Å². The van der Waals surface area contributed by atoms with E-state index in [1.807, 2.05) is 6.92 Å². The SMILES string of the molecule is CCCCO[C@@H](Cc1ccc(OC)c(Cl)c1)C(=O)O. The van der Waals surface area contributed by atoms with E-state index in [2.05, 4.69) is 0 Å². The Morgan fingerprint density at radius 2 is 2.21 bits per heavy atom. The van der Waals surface area contributed by atoms with Crippen molar-refractivity contribution in [2.45, 2.75) is 32.3 Å². The van der Waals surface area contributed by atoms with E-state index >= 15 is 0 Å². The lowest BCUT2D eigenvalue weighted by Gasteiger charge is -2.14. The molecule has 0 saturated heterocycles. The van der Waals surface area contributed by atoms with Gasteiger partial charge in [0.25, 0.3) is 0 Å². The number of unbranched alkanes of at least 4 members (excludes halogenated alkanes) is 1. The zero-order valence-corrected chi connectivity index (χ0v) is 11.9. The summed E-state index contributed by atoms with van der Waals surface area (Å²) in [5.41, 5.74) is 0.815. The van der Waals surface area contributed by atoms with Crippen LogP contribution in [0.5, 0.6) is 5.75 Å². The molecule has 0 unspecified atom stereocenters. The number of benzene rings is 1. The lowest BCUT2D eigenvalue weighted by molar-refractivity contribution is -0.150. The standard InChI is InChI=1S/C14H19ClO4/c1-3-4-7-19-13(14(16)17)9-10-5-6-12(18-2)11(15)8-10/h5-6,8,13H,3-4,7,9H2,1-2H3,(H,16,17)/t13-/m0/s1. The maximum Gasteiger partial charge on any atom is 0.333 e. The molecule has 0 aliphatic carbocycles. The molecule has 0 fully saturated rings. The van der Waals surface area contributed by atoms with E-state index < -0.39 is 12.1 Å². The second kappa shape index (κ2) is 8.02. The van der Waals surface area contributed by atoms with Crippen LogP contribution in [0.4, 0.5) is 0 Å². The molecule has 0 aliphatic heterocycles. The Bertz CT molecular complexity index is 420. The van der Waals surface area contributed by atoms with Crippen molar-refractivity contribution in [3.8, 4) is 5.75 Å². The molecule has 0 aliphatic rings. The number of ether oxygens (including phenoxy) is 2. The van der Waals surface area contributed by atoms with Gasteiger partial charge in [0, 0.05) is 13.0 Å². The second-order valence-electron chi connectivity index (χ2n) is 4.22. The highest BCUT2D eigenvalue weighted by molar-refractivity contribution is 6.32. The molecule has 106 valence electrons. The second-order valence-corrected chi connectivity index (χ2v) is 4.63. The van der Waals surface area contributed by atoms with Gasteiger partial charge in [0.15, 0.2) is 6.10 Å². The molecule has 1 aromatic carbocycles. The molecule has 1 aromatic rings. The zero-order valence-electron chi connectivity index (χ0n) is 11.2. The molecule has 0 bridgehead atoms. The van der Waals surface area contributed by atoms with Gasteiger partial charge in [0.1, 0.15) is 5.75 Å². The molecule has 4 nitrogen and oxygen atoms in total. The van der Waals surface area contributed by atoms with Crippen molar-refractivity contribution < 1.29 is 19.4 Å². The molecule has 0 amide bonds. The molecule has 0 spiro atoms. The Kier molecular flexibility index (Phi) is 6.67. The van der Waals surface area contributed by atoms with Crippen LogP contribution in [0, 0.1) is 0 Å². The summed E-state index contributed by atoms with van der Waals surface area (Å²) in [5, 5.41) is 9.59. The van der Waals surface area contributed by atoms with Gasteiger partial charge in [-0.15, -0.1) is 0 Å². The third-order valence-corrected chi connectivity index (χ3v) is 3.03. The van der Waals surface area contributed by atoms with Gasteiger partial charge in [-0.05, 0) is 24.1 Å². The number of aliphatic carboxylic acids is 1. The summed E-state index contributed by atoms with van der Waals surface area (Å²) in [4.78, 5) is 11.1. The summed E-state index contributed by atoms with van der Waals surface area (Å²) in [6.07, 6.45) is 1.28. The van der Waals surface area contributed by atoms with Crippen molar-refractivity contribution in [1.29, 1.82) is 0 Å². The summed E-state index contributed by atoms with van der Waals surface area (Å²) in [7, 11) is 1.54. The van der Waals surface area contributed by atoms with Gasteiger partial charge in [-0.1, -0.05) is 31.0 Å². The number of hydrogen-bond acceptors (Lipinski definition) is 3. The Morgan fingerprint density at radius 1 is 1.47 bits per heavy atom. The summed E-state index contributed by atoms with van der Waals surface area (Å²) < 4.78 is 10.4. The quantitative estimate of drug-likeness (QED) is 0.746. The zero-order chi connectivity index (χ0) is 14.3. The average Bonchev–Trinajstić information content (AvgIpc) is 2.38. The maximum absolute atomic E-state index is 11.1. The van der Waals surface area contributed by atoms with Gasteiger partial charge >= 0.3 is 5.97 Å². The minimum absolute atomic E-state index is 0.294.